The molecule has 20 heavy (non-hydrogen) atoms. The van der Waals surface area contributed by atoms with Crippen LogP contribution in [0.3, 0.4) is 0 Å². The molecule has 0 radical (unpaired) electrons. The molecular formula is C16H15BrN2O. The van der Waals surface area contributed by atoms with Crippen LogP contribution in [0.25, 0.3) is 0 Å². The maximum absolute atomic E-state index is 9.97. The van der Waals surface area contributed by atoms with Gasteiger partial charge in [-0.1, -0.05) is 39.7 Å². The lowest BCUT2D eigenvalue weighted by atomic mass is 9.98. The number of halogens is 1. The van der Waals surface area contributed by atoms with E-state index in [0.29, 0.717) is 0 Å². The number of aryl methyl sites for hydroxylation is 1. The van der Waals surface area contributed by atoms with E-state index in [1.807, 2.05) is 31.2 Å². The maximum atomic E-state index is 9.97. The van der Waals surface area contributed by atoms with Crippen molar-refractivity contribution in [3.8, 4) is 5.75 Å². The van der Waals surface area contributed by atoms with Crippen molar-refractivity contribution in [3.05, 3.63) is 63.6 Å². The Morgan fingerprint density at radius 2 is 1.95 bits per heavy atom. The molecule has 1 heterocycles. The second kappa shape index (κ2) is 5.29. The van der Waals surface area contributed by atoms with Crippen molar-refractivity contribution in [2.24, 2.45) is 5.10 Å². The Hall–Kier alpha value is -1.81. The predicted octanol–water partition coefficient (Wildman–Crippen LogP) is 3.90. The number of hydrogen-bond acceptors (Lipinski definition) is 3. The molecule has 0 bridgehead atoms. The smallest absolute Gasteiger partial charge is 0.124 e. The normalized spacial score (nSPS) is 17.7. The van der Waals surface area contributed by atoms with Crippen molar-refractivity contribution in [2.75, 3.05) is 0 Å². The molecule has 0 aliphatic carbocycles. The lowest BCUT2D eigenvalue weighted by Crippen LogP contribution is -2.09. The van der Waals surface area contributed by atoms with Crippen LogP contribution in [0.15, 0.2) is 52.0 Å². The molecule has 2 aromatic carbocycles. The standard InChI is InChI=1S/C16H15BrN2O/c1-10-2-7-16(20)13(8-10)15-9-14(18-19-15)11-3-5-12(17)6-4-11/h2-8,14,18,20H,9H2,1H3/t14-/m0/s1. The van der Waals surface area contributed by atoms with Gasteiger partial charge in [-0.2, -0.15) is 5.10 Å². The predicted molar refractivity (Wildman–Crippen MR) is 84.0 cm³/mol. The third kappa shape index (κ3) is 2.56. The van der Waals surface area contributed by atoms with Crippen LogP contribution in [-0.2, 0) is 0 Å². The van der Waals surface area contributed by atoms with Gasteiger partial charge in [0.1, 0.15) is 5.75 Å². The minimum absolute atomic E-state index is 0.165. The van der Waals surface area contributed by atoms with Gasteiger partial charge in [0, 0.05) is 16.5 Å². The van der Waals surface area contributed by atoms with Crippen LogP contribution in [-0.4, -0.2) is 10.8 Å². The van der Waals surface area contributed by atoms with Gasteiger partial charge in [0.25, 0.3) is 0 Å². The van der Waals surface area contributed by atoms with E-state index in [1.165, 1.54) is 5.56 Å². The monoisotopic (exact) mass is 330 g/mol. The number of hydrazone groups is 1. The fourth-order valence-electron chi connectivity index (χ4n) is 2.38. The van der Waals surface area contributed by atoms with Gasteiger partial charge < -0.3 is 10.5 Å². The Labute approximate surface area is 126 Å². The van der Waals surface area contributed by atoms with E-state index in [9.17, 15) is 5.11 Å². The van der Waals surface area contributed by atoms with Crippen LogP contribution in [0, 0.1) is 6.92 Å². The number of nitrogens with one attached hydrogen (secondary N) is 1. The molecule has 0 spiro atoms. The van der Waals surface area contributed by atoms with Gasteiger partial charge in [0.2, 0.25) is 0 Å². The van der Waals surface area contributed by atoms with Gasteiger partial charge in [0.15, 0.2) is 0 Å². The number of benzene rings is 2. The number of phenols is 1. The zero-order valence-electron chi connectivity index (χ0n) is 11.1. The van der Waals surface area contributed by atoms with Crippen LogP contribution < -0.4 is 5.43 Å². The first-order valence-corrected chi connectivity index (χ1v) is 7.30. The van der Waals surface area contributed by atoms with E-state index in [1.54, 1.807) is 6.07 Å². The van der Waals surface area contributed by atoms with Gasteiger partial charge in [0.05, 0.1) is 11.8 Å². The highest BCUT2D eigenvalue weighted by Gasteiger charge is 2.22. The molecule has 2 N–H and O–H groups in total. The topological polar surface area (TPSA) is 44.6 Å². The van der Waals surface area contributed by atoms with Crippen molar-refractivity contribution < 1.29 is 5.11 Å². The summed E-state index contributed by atoms with van der Waals surface area (Å²) in [6, 6.07) is 14.0. The van der Waals surface area contributed by atoms with Crippen molar-refractivity contribution in [3.63, 3.8) is 0 Å². The highest BCUT2D eigenvalue weighted by Crippen LogP contribution is 2.29. The molecule has 2 aromatic rings. The molecule has 1 aliphatic rings. The summed E-state index contributed by atoms with van der Waals surface area (Å²) < 4.78 is 1.07. The summed E-state index contributed by atoms with van der Waals surface area (Å²) in [7, 11) is 0. The van der Waals surface area contributed by atoms with Crippen LogP contribution >= 0.6 is 15.9 Å². The first-order chi connectivity index (χ1) is 9.63. The third-order valence-corrected chi connectivity index (χ3v) is 4.02. The van der Waals surface area contributed by atoms with Crippen LogP contribution in [0.1, 0.15) is 29.2 Å². The molecule has 0 saturated carbocycles. The molecule has 0 aromatic heterocycles. The Bertz CT molecular complexity index is 665. The minimum atomic E-state index is 0.165. The summed E-state index contributed by atoms with van der Waals surface area (Å²) in [4.78, 5) is 0. The van der Waals surface area contributed by atoms with E-state index < -0.39 is 0 Å². The van der Waals surface area contributed by atoms with Crippen molar-refractivity contribution in [1.29, 1.82) is 0 Å². The second-order valence-corrected chi connectivity index (χ2v) is 5.93. The number of phenolic OH excluding ortho intramolecular Hbond substituents is 1. The Balaban J connectivity index is 1.82. The highest BCUT2D eigenvalue weighted by atomic mass is 79.9. The lowest BCUT2D eigenvalue weighted by molar-refractivity contribution is 0.474. The largest absolute Gasteiger partial charge is 0.507 e. The second-order valence-electron chi connectivity index (χ2n) is 5.02. The minimum Gasteiger partial charge on any atom is -0.507 e. The summed E-state index contributed by atoms with van der Waals surface area (Å²) in [6.07, 6.45) is 0.776. The first kappa shape index (κ1) is 13.2. The summed E-state index contributed by atoms with van der Waals surface area (Å²) in [5.41, 5.74) is 7.18. The molecule has 102 valence electrons. The lowest BCUT2D eigenvalue weighted by Gasteiger charge is -2.10. The summed E-state index contributed by atoms with van der Waals surface area (Å²) in [5.74, 6) is 0.285. The van der Waals surface area contributed by atoms with E-state index in [-0.39, 0.29) is 11.8 Å². The number of hydrogen-bond donors (Lipinski definition) is 2. The molecule has 3 rings (SSSR count). The summed E-state index contributed by atoms with van der Waals surface area (Å²) in [6.45, 7) is 2.01. The van der Waals surface area contributed by atoms with Crippen LogP contribution in [0.2, 0.25) is 0 Å². The molecule has 0 unspecified atom stereocenters. The molecule has 4 heteroatoms. The van der Waals surface area contributed by atoms with E-state index >= 15 is 0 Å². The van der Waals surface area contributed by atoms with Gasteiger partial charge in [-0.3, -0.25) is 0 Å². The fourth-order valence-corrected chi connectivity index (χ4v) is 2.64. The Kier molecular flexibility index (Phi) is 3.49. The van der Waals surface area contributed by atoms with E-state index in [0.717, 1.165) is 27.7 Å². The highest BCUT2D eigenvalue weighted by molar-refractivity contribution is 9.10. The van der Waals surface area contributed by atoms with Gasteiger partial charge in [-0.15, -0.1) is 0 Å². The average molecular weight is 331 g/mol. The maximum Gasteiger partial charge on any atom is 0.124 e. The van der Waals surface area contributed by atoms with Gasteiger partial charge >= 0.3 is 0 Å². The molecule has 3 nitrogen and oxygen atoms in total. The Morgan fingerprint density at radius 3 is 2.70 bits per heavy atom. The zero-order chi connectivity index (χ0) is 14.1. The molecule has 1 aliphatic heterocycles. The van der Waals surface area contributed by atoms with Crippen LogP contribution in [0.5, 0.6) is 5.75 Å². The van der Waals surface area contributed by atoms with Gasteiger partial charge in [-0.25, -0.2) is 0 Å². The quantitative estimate of drug-likeness (QED) is 0.877. The molecule has 1 atom stereocenters. The number of rotatable bonds is 2. The molecule has 0 saturated heterocycles. The third-order valence-electron chi connectivity index (χ3n) is 3.49. The van der Waals surface area contributed by atoms with Crippen LogP contribution in [0.4, 0.5) is 0 Å². The first-order valence-electron chi connectivity index (χ1n) is 6.51. The molecular weight excluding hydrogens is 316 g/mol. The summed E-state index contributed by atoms with van der Waals surface area (Å²) >= 11 is 3.44. The summed E-state index contributed by atoms with van der Waals surface area (Å²) in [5, 5.41) is 14.4. The van der Waals surface area contributed by atoms with E-state index in [2.05, 4.69) is 38.6 Å². The van der Waals surface area contributed by atoms with Crippen molar-refractivity contribution in [2.45, 2.75) is 19.4 Å². The van der Waals surface area contributed by atoms with Gasteiger partial charge in [-0.05, 0) is 36.8 Å². The number of aromatic hydroxyl groups is 1. The van der Waals surface area contributed by atoms with E-state index in [4.69, 9.17) is 0 Å². The Morgan fingerprint density at radius 1 is 1.20 bits per heavy atom. The SMILES string of the molecule is Cc1ccc(O)c(C2=NN[C@H](c3ccc(Br)cc3)C2)c1. The molecule has 0 fully saturated rings. The average Bonchev–Trinajstić information content (AvgIpc) is 2.92. The molecule has 0 amide bonds. The van der Waals surface area contributed by atoms with Crippen molar-refractivity contribution >= 4 is 21.6 Å². The fraction of sp³-hybridized carbons (Fsp3) is 0.188. The number of nitrogens with zero attached hydrogens (tertiary/aromatic N) is 1. The zero-order valence-corrected chi connectivity index (χ0v) is 12.7. The van der Waals surface area contributed by atoms with Crippen molar-refractivity contribution in [1.82, 2.24) is 5.43 Å².